The van der Waals surface area contributed by atoms with Gasteiger partial charge in [-0.25, -0.2) is 9.18 Å². The number of aromatic nitrogens is 1. The van der Waals surface area contributed by atoms with Crippen LogP contribution in [-0.2, 0) is 11.8 Å². The largest absolute Gasteiger partial charge is 0.444 e. The zero-order chi connectivity index (χ0) is 23.5. The molecular weight excluding hydrogens is 399 g/mol. The van der Waals surface area contributed by atoms with Crippen molar-refractivity contribution >= 4 is 22.7 Å². The lowest BCUT2D eigenvalue weighted by molar-refractivity contribution is 0.0219. The van der Waals surface area contributed by atoms with Gasteiger partial charge in [0.15, 0.2) is 0 Å². The summed E-state index contributed by atoms with van der Waals surface area (Å²) in [6.45, 7) is 12.5. The van der Waals surface area contributed by atoms with Crippen molar-refractivity contribution in [2.24, 2.45) is 7.05 Å². The highest BCUT2D eigenvalue weighted by Crippen LogP contribution is 2.32. The van der Waals surface area contributed by atoms with E-state index in [1.807, 2.05) is 52.5 Å². The summed E-state index contributed by atoms with van der Waals surface area (Å²) < 4.78 is 20.8. The van der Waals surface area contributed by atoms with E-state index in [2.05, 4.69) is 0 Å². The van der Waals surface area contributed by atoms with Crippen LogP contribution in [0.1, 0.15) is 47.1 Å². The van der Waals surface area contributed by atoms with Crippen LogP contribution in [0.15, 0.2) is 23.0 Å². The van der Waals surface area contributed by atoms with Gasteiger partial charge in [0.05, 0.1) is 11.2 Å². The van der Waals surface area contributed by atoms with Gasteiger partial charge in [-0.05, 0) is 45.9 Å². The fourth-order valence-corrected chi connectivity index (χ4v) is 3.68. The minimum absolute atomic E-state index is 0.0248. The summed E-state index contributed by atoms with van der Waals surface area (Å²) in [5, 5.41) is 10.2. The molecule has 0 spiro atoms. The predicted molar refractivity (Wildman–Crippen MR) is 120 cm³/mol. The van der Waals surface area contributed by atoms with Crippen LogP contribution in [0.4, 0.5) is 14.9 Å². The molecule has 0 aliphatic carbocycles. The zero-order valence-electron chi connectivity index (χ0n) is 19.3. The molecule has 168 valence electrons. The maximum atomic E-state index is 14.0. The third-order valence-electron chi connectivity index (χ3n) is 5.01. The molecule has 0 N–H and O–H groups in total. The fourth-order valence-electron chi connectivity index (χ4n) is 3.68. The highest BCUT2D eigenvalue weighted by atomic mass is 19.1. The Balaban J connectivity index is 0.00000166. The van der Waals surface area contributed by atoms with E-state index in [0.717, 1.165) is 0 Å². The molecule has 1 aliphatic heterocycles. The van der Waals surface area contributed by atoms with Crippen LogP contribution in [0.5, 0.6) is 0 Å². The van der Waals surface area contributed by atoms with Gasteiger partial charge in [-0.2, -0.15) is 5.26 Å². The number of nitriles is 1. The zero-order valence-corrected chi connectivity index (χ0v) is 19.3. The van der Waals surface area contributed by atoms with E-state index in [4.69, 9.17) is 4.74 Å². The van der Waals surface area contributed by atoms with Gasteiger partial charge in [0, 0.05) is 38.1 Å². The Morgan fingerprint density at radius 3 is 2.45 bits per heavy atom. The SMILES string of the molecule is CC.CC1CN(C(=O)OC(C)(C)C)CCN1c1c(C#N)c(=O)n(C)c2ccc(F)cc12. The molecule has 0 saturated carbocycles. The lowest BCUT2D eigenvalue weighted by atomic mass is 10.0. The number of amides is 1. The molecule has 31 heavy (non-hydrogen) atoms. The van der Waals surface area contributed by atoms with Crippen molar-refractivity contribution < 1.29 is 13.9 Å². The average molecular weight is 431 g/mol. The summed E-state index contributed by atoms with van der Waals surface area (Å²) in [5.74, 6) is -0.443. The van der Waals surface area contributed by atoms with Crippen molar-refractivity contribution in [1.82, 2.24) is 9.47 Å². The van der Waals surface area contributed by atoms with Crippen LogP contribution in [0.2, 0.25) is 0 Å². The van der Waals surface area contributed by atoms with Gasteiger partial charge >= 0.3 is 6.09 Å². The Labute approximate surface area is 182 Å². The lowest BCUT2D eigenvalue weighted by Crippen LogP contribution is -2.55. The Hall–Kier alpha value is -3.08. The van der Waals surface area contributed by atoms with E-state index in [1.54, 1.807) is 18.0 Å². The van der Waals surface area contributed by atoms with Crippen molar-refractivity contribution in [1.29, 1.82) is 5.26 Å². The molecule has 1 amide bonds. The number of piperazine rings is 1. The number of anilines is 1. The standard InChI is InChI=1S/C21H25FN4O3.C2H6/c1-13-12-25(20(28)29-21(2,3)4)8-9-26(13)18-15-10-14(22)6-7-17(15)24(5)19(27)16(18)11-23;1-2/h6-7,10,13H,8-9,12H2,1-5H3;1-2H3. The van der Waals surface area contributed by atoms with Crippen molar-refractivity contribution in [3.05, 3.63) is 39.9 Å². The van der Waals surface area contributed by atoms with Crippen molar-refractivity contribution in [2.45, 2.75) is 53.2 Å². The first-order valence-corrected chi connectivity index (χ1v) is 10.5. The molecule has 1 atom stereocenters. The topological polar surface area (TPSA) is 78.6 Å². The van der Waals surface area contributed by atoms with Gasteiger partial charge in [0.1, 0.15) is 23.1 Å². The van der Waals surface area contributed by atoms with E-state index in [9.17, 15) is 19.2 Å². The van der Waals surface area contributed by atoms with Crippen LogP contribution in [-0.4, -0.2) is 46.8 Å². The first kappa shape index (κ1) is 24.2. The Morgan fingerprint density at radius 1 is 1.26 bits per heavy atom. The molecule has 0 bridgehead atoms. The summed E-state index contributed by atoms with van der Waals surface area (Å²) in [7, 11) is 1.57. The molecule has 1 unspecified atom stereocenters. The lowest BCUT2D eigenvalue weighted by Gasteiger charge is -2.42. The highest BCUT2D eigenvalue weighted by Gasteiger charge is 2.32. The van der Waals surface area contributed by atoms with Gasteiger partial charge in [0.2, 0.25) is 0 Å². The number of ether oxygens (including phenoxy) is 1. The second-order valence-electron chi connectivity index (χ2n) is 8.33. The van der Waals surface area contributed by atoms with E-state index in [-0.39, 0.29) is 11.6 Å². The number of nitrogens with zero attached hydrogens (tertiary/aromatic N) is 4. The number of carbonyl (C=O) groups excluding carboxylic acids is 1. The predicted octanol–water partition coefficient (Wildman–Crippen LogP) is 4.02. The summed E-state index contributed by atoms with van der Waals surface area (Å²) in [4.78, 5) is 28.7. The minimum atomic E-state index is -0.592. The van der Waals surface area contributed by atoms with E-state index < -0.39 is 23.1 Å². The highest BCUT2D eigenvalue weighted by molar-refractivity contribution is 5.95. The van der Waals surface area contributed by atoms with Crippen LogP contribution in [0.25, 0.3) is 10.9 Å². The number of carbonyl (C=O) groups is 1. The summed E-state index contributed by atoms with van der Waals surface area (Å²) in [6.07, 6.45) is -0.399. The summed E-state index contributed by atoms with van der Waals surface area (Å²) in [5.41, 5.74) is -0.0784. The molecule has 3 rings (SSSR count). The van der Waals surface area contributed by atoms with Gasteiger partial charge in [0.25, 0.3) is 5.56 Å². The minimum Gasteiger partial charge on any atom is -0.444 e. The monoisotopic (exact) mass is 430 g/mol. The molecule has 1 aromatic carbocycles. The number of benzene rings is 1. The molecule has 1 fully saturated rings. The third kappa shape index (κ3) is 4.98. The Morgan fingerprint density at radius 2 is 1.90 bits per heavy atom. The summed E-state index contributed by atoms with van der Waals surface area (Å²) in [6, 6.07) is 5.98. The molecule has 2 heterocycles. The number of fused-ring (bicyclic) bond motifs is 1. The second kappa shape index (κ2) is 9.38. The van der Waals surface area contributed by atoms with E-state index >= 15 is 0 Å². The maximum Gasteiger partial charge on any atom is 0.410 e. The Bertz CT molecular complexity index is 1070. The van der Waals surface area contributed by atoms with E-state index in [0.29, 0.717) is 36.2 Å². The van der Waals surface area contributed by atoms with Gasteiger partial charge < -0.3 is 19.1 Å². The van der Waals surface area contributed by atoms with Crippen molar-refractivity contribution in [3.63, 3.8) is 0 Å². The van der Waals surface area contributed by atoms with Crippen LogP contribution in [0.3, 0.4) is 0 Å². The molecule has 2 aromatic rings. The smallest absolute Gasteiger partial charge is 0.410 e. The fraction of sp³-hybridized carbons (Fsp3) is 0.522. The second-order valence-corrected chi connectivity index (χ2v) is 8.33. The van der Waals surface area contributed by atoms with Crippen LogP contribution in [0, 0.1) is 17.1 Å². The molecule has 1 saturated heterocycles. The number of aryl methyl sites for hydroxylation is 1. The third-order valence-corrected chi connectivity index (χ3v) is 5.01. The molecular formula is C23H31FN4O3. The van der Waals surface area contributed by atoms with Crippen molar-refractivity contribution in [3.8, 4) is 6.07 Å². The molecule has 0 radical (unpaired) electrons. The molecule has 1 aromatic heterocycles. The first-order valence-electron chi connectivity index (χ1n) is 10.5. The molecule has 1 aliphatic rings. The Kier molecular flexibility index (Phi) is 7.32. The number of rotatable bonds is 1. The van der Waals surface area contributed by atoms with Crippen LogP contribution >= 0.6 is 0 Å². The molecule has 8 heteroatoms. The number of hydrogen-bond acceptors (Lipinski definition) is 5. The van der Waals surface area contributed by atoms with Gasteiger partial charge in [-0.3, -0.25) is 4.79 Å². The van der Waals surface area contributed by atoms with Crippen molar-refractivity contribution in [2.75, 3.05) is 24.5 Å². The average Bonchev–Trinajstić information content (AvgIpc) is 2.71. The number of halogens is 1. The maximum absolute atomic E-state index is 14.0. The van der Waals surface area contributed by atoms with Gasteiger partial charge in [-0.15, -0.1) is 0 Å². The molecule has 7 nitrogen and oxygen atoms in total. The number of hydrogen-bond donors (Lipinski definition) is 0. The van der Waals surface area contributed by atoms with Crippen LogP contribution < -0.4 is 10.5 Å². The first-order chi connectivity index (χ1) is 14.5. The number of pyridine rings is 1. The van der Waals surface area contributed by atoms with Gasteiger partial charge in [-0.1, -0.05) is 13.8 Å². The quantitative estimate of drug-likeness (QED) is 0.683. The summed E-state index contributed by atoms with van der Waals surface area (Å²) >= 11 is 0. The normalized spacial score (nSPS) is 16.4. The van der Waals surface area contributed by atoms with E-state index in [1.165, 1.54) is 16.7 Å².